The van der Waals surface area contributed by atoms with E-state index in [1.165, 1.54) is 24.2 Å². The number of rotatable bonds is 4. The van der Waals surface area contributed by atoms with E-state index in [1.807, 2.05) is 45.0 Å². The summed E-state index contributed by atoms with van der Waals surface area (Å²) in [5.74, 6) is -0.172. The number of nitrogens with one attached hydrogen (secondary N) is 2. The van der Waals surface area contributed by atoms with Gasteiger partial charge < -0.3 is 20.4 Å². The topological polar surface area (TPSA) is 64.7 Å². The molecule has 0 spiro atoms. The molecule has 6 nitrogen and oxygen atoms in total. The fourth-order valence-corrected chi connectivity index (χ4v) is 2.95. The van der Waals surface area contributed by atoms with Crippen molar-refractivity contribution in [2.75, 3.05) is 36.9 Å². The maximum atomic E-state index is 12.5. The Hall–Kier alpha value is -2.24. The molecular formula is C19H30N4O2. The molecule has 0 unspecified atom stereocenters. The lowest BCUT2D eigenvalue weighted by Gasteiger charge is -2.31. The summed E-state index contributed by atoms with van der Waals surface area (Å²) in [5.41, 5.74) is 1.52. The van der Waals surface area contributed by atoms with E-state index in [-0.39, 0.29) is 24.0 Å². The summed E-state index contributed by atoms with van der Waals surface area (Å²) in [5, 5.41) is 5.80. The van der Waals surface area contributed by atoms with Gasteiger partial charge in [0.05, 0.1) is 11.4 Å². The molecule has 6 heteroatoms. The fourth-order valence-electron chi connectivity index (χ4n) is 2.95. The normalized spacial score (nSPS) is 14.8. The average molecular weight is 346 g/mol. The van der Waals surface area contributed by atoms with Crippen molar-refractivity contribution < 1.29 is 9.59 Å². The molecule has 1 aromatic carbocycles. The Morgan fingerprint density at radius 3 is 2.40 bits per heavy atom. The summed E-state index contributed by atoms with van der Waals surface area (Å²) < 4.78 is 0. The zero-order valence-corrected chi connectivity index (χ0v) is 15.8. The molecule has 0 aromatic heterocycles. The van der Waals surface area contributed by atoms with Gasteiger partial charge in [0, 0.05) is 25.7 Å². The summed E-state index contributed by atoms with van der Waals surface area (Å²) in [6.07, 6.45) is 3.61. The lowest BCUT2D eigenvalue weighted by molar-refractivity contribution is -0.122. The molecule has 0 atom stereocenters. The number of nitrogens with zero attached hydrogens (tertiary/aromatic N) is 2. The summed E-state index contributed by atoms with van der Waals surface area (Å²) >= 11 is 0. The van der Waals surface area contributed by atoms with Gasteiger partial charge in [0.25, 0.3) is 0 Å². The van der Waals surface area contributed by atoms with Gasteiger partial charge in [-0.3, -0.25) is 4.79 Å². The molecule has 1 aliphatic heterocycles. The van der Waals surface area contributed by atoms with E-state index in [1.54, 1.807) is 7.05 Å². The SMILES string of the molecule is CN(CC(=O)NC(C)(C)C)C(=O)Nc1ccccc1N1CCCCC1. The summed E-state index contributed by atoms with van der Waals surface area (Å²) in [7, 11) is 1.63. The quantitative estimate of drug-likeness (QED) is 0.881. The van der Waals surface area contributed by atoms with Gasteiger partial charge in [-0.15, -0.1) is 0 Å². The molecule has 1 heterocycles. The molecule has 2 rings (SSSR count). The third kappa shape index (κ3) is 5.96. The van der Waals surface area contributed by atoms with E-state index >= 15 is 0 Å². The lowest BCUT2D eigenvalue weighted by Crippen LogP contribution is -2.47. The van der Waals surface area contributed by atoms with E-state index in [4.69, 9.17) is 0 Å². The van der Waals surface area contributed by atoms with Crippen molar-refractivity contribution in [3.63, 3.8) is 0 Å². The van der Waals surface area contributed by atoms with Crippen LogP contribution in [-0.4, -0.2) is 49.1 Å². The third-order valence-electron chi connectivity index (χ3n) is 4.08. The predicted octanol–water partition coefficient (Wildman–Crippen LogP) is 3.06. The predicted molar refractivity (Wildman–Crippen MR) is 102 cm³/mol. The Kier molecular flexibility index (Phi) is 6.28. The van der Waals surface area contributed by atoms with E-state index in [0.29, 0.717) is 0 Å². The van der Waals surface area contributed by atoms with Gasteiger partial charge in [0.1, 0.15) is 6.54 Å². The first-order chi connectivity index (χ1) is 11.8. The van der Waals surface area contributed by atoms with Crippen LogP contribution >= 0.6 is 0 Å². The first-order valence-electron chi connectivity index (χ1n) is 8.93. The molecule has 0 saturated carbocycles. The van der Waals surface area contributed by atoms with Crippen LogP contribution in [0.5, 0.6) is 0 Å². The van der Waals surface area contributed by atoms with Crippen LogP contribution in [0.2, 0.25) is 0 Å². The van der Waals surface area contributed by atoms with Crippen molar-refractivity contribution in [3.8, 4) is 0 Å². The number of urea groups is 1. The molecule has 138 valence electrons. The summed E-state index contributed by atoms with van der Waals surface area (Å²) in [6, 6.07) is 7.56. The number of anilines is 2. The number of hydrogen-bond donors (Lipinski definition) is 2. The second kappa shape index (κ2) is 8.23. The second-order valence-electron chi connectivity index (χ2n) is 7.65. The first kappa shape index (κ1) is 19.1. The van der Waals surface area contributed by atoms with Gasteiger partial charge in [0.15, 0.2) is 0 Å². The van der Waals surface area contributed by atoms with Crippen LogP contribution in [0, 0.1) is 0 Å². The van der Waals surface area contributed by atoms with Crippen LogP contribution in [0.15, 0.2) is 24.3 Å². The minimum Gasteiger partial charge on any atom is -0.370 e. The lowest BCUT2D eigenvalue weighted by atomic mass is 10.1. The van der Waals surface area contributed by atoms with Crippen molar-refractivity contribution in [3.05, 3.63) is 24.3 Å². The van der Waals surface area contributed by atoms with Crippen LogP contribution in [0.3, 0.4) is 0 Å². The van der Waals surface area contributed by atoms with E-state index in [9.17, 15) is 9.59 Å². The molecule has 0 radical (unpaired) electrons. The maximum Gasteiger partial charge on any atom is 0.322 e. The molecule has 1 fully saturated rings. The number of benzene rings is 1. The molecule has 2 N–H and O–H groups in total. The molecule has 1 aromatic rings. The number of likely N-dealkylation sites (N-methyl/N-ethyl adjacent to an activating group) is 1. The third-order valence-corrected chi connectivity index (χ3v) is 4.08. The number of carbonyl (C=O) groups is 2. The Morgan fingerprint density at radius 2 is 1.76 bits per heavy atom. The zero-order chi connectivity index (χ0) is 18.4. The van der Waals surface area contributed by atoms with E-state index in [2.05, 4.69) is 15.5 Å². The highest BCUT2D eigenvalue weighted by Crippen LogP contribution is 2.28. The van der Waals surface area contributed by atoms with Gasteiger partial charge >= 0.3 is 6.03 Å². The van der Waals surface area contributed by atoms with Crippen LogP contribution < -0.4 is 15.5 Å². The number of para-hydroxylation sites is 2. The Labute approximate surface area is 150 Å². The van der Waals surface area contributed by atoms with Crippen molar-refractivity contribution >= 4 is 23.3 Å². The minimum atomic E-state index is -0.310. The van der Waals surface area contributed by atoms with Crippen LogP contribution in [0.1, 0.15) is 40.0 Å². The Morgan fingerprint density at radius 1 is 1.12 bits per heavy atom. The van der Waals surface area contributed by atoms with Crippen molar-refractivity contribution in [1.29, 1.82) is 0 Å². The largest absolute Gasteiger partial charge is 0.370 e. The highest BCUT2D eigenvalue weighted by atomic mass is 16.2. The summed E-state index contributed by atoms with van der Waals surface area (Å²) in [4.78, 5) is 28.2. The molecule has 0 aliphatic carbocycles. The van der Waals surface area contributed by atoms with Crippen LogP contribution in [-0.2, 0) is 4.79 Å². The van der Waals surface area contributed by atoms with Gasteiger partial charge in [-0.1, -0.05) is 12.1 Å². The monoisotopic (exact) mass is 346 g/mol. The number of carbonyl (C=O) groups excluding carboxylic acids is 2. The standard InChI is InChI=1S/C19H30N4O2/c1-19(2,3)21-17(24)14-22(4)18(25)20-15-10-6-7-11-16(15)23-12-8-5-9-13-23/h6-7,10-11H,5,8-9,12-14H2,1-4H3,(H,20,25)(H,21,24). The van der Waals surface area contributed by atoms with Crippen molar-refractivity contribution in [2.24, 2.45) is 0 Å². The van der Waals surface area contributed by atoms with Gasteiger partial charge in [0.2, 0.25) is 5.91 Å². The number of amides is 3. The zero-order valence-electron chi connectivity index (χ0n) is 15.8. The molecule has 3 amide bonds. The molecule has 0 bridgehead atoms. The van der Waals surface area contributed by atoms with E-state index < -0.39 is 0 Å². The number of hydrogen-bond acceptors (Lipinski definition) is 3. The van der Waals surface area contributed by atoms with Crippen LogP contribution in [0.4, 0.5) is 16.2 Å². The average Bonchev–Trinajstić information content (AvgIpc) is 2.54. The molecule has 1 saturated heterocycles. The van der Waals surface area contributed by atoms with Gasteiger partial charge in [-0.25, -0.2) is 4.79 Å². The Bertz CT molecular complexity index is 604. The van der Waals surface area contributed by atoms with E-state index in [0.717, 1.165) is 24.5 Å². The summed E-state index contributed by atoms with van der Waals surface area (Å²) in [6.45, 7) is 7.79. The highest BCUT2D eigenvalue weighted by molar-refractivity contribution is 5.95. The Balaban J connectivity index is 1.99. The minimum absolute atomic E-state index is 0.0228. The smallest absolute Gasteiger partial charge is 0.322 e. The first-order valence-corrected chi connectivity index (χ1v) is 8.93. The highest BCUT2D eigenvalue weighted by Gasteiger charge is 2.20. The number of piperidine rings is 1. The molecule has 1 aliphatic rings. The van der Waals surface area contributed by atoms with Crippen molar-refractivity contribution in [1.82, 2.24) is 10.2 Å². The van der Waals surface area contributed by atoms with Gasteiger partial charge in [-0.2, -0.15) is 0 Å². The van der Waals surface area contributed by atoms with Crippen LogP contribution in [0.25, 0.3) is 0 Å². The maximum absolute atomic E-state index is 12.5. The van der Waals surface area contributed by atoms with Crippen molar-refractivity contribution in [2.45, 2.75) is 45.6 Å². The molecular weight excluding hydrogens is 316 g/mol. The fraction of sp³-hybridized carbons (Fsp3) is 0.579. The second-order valence-corrected chi connectivity index (χ2v) is 7.65. The van der Waals surface area contributed by atoms with Gasteiger partial charge in [-0.05, 0) is 52.2 Å². The molecule has 25 heavy (non-hydrogen) atoms.